The van der Waals surface area contributed by atoms with E-state index in [-0.39, 0.29) is 5.82 Å². The van der Waals surface area contributed by atoms with Crippen LogP contribution in [0.4, 0.5) is 21.7 Å². The Bertz CT molecular complexity index is 904. The van der Waals surface area contributed by atoms with Crippen LogP contribution in [0.15, 0.2) is 60.9 Å². The third-order valence-electron chi connectivity index (χ3n) is 3.59. The Kier molecular flexibility index (Phi) is 5.17. The molecule has 0 bridgehead atoms. The first-order chi connectivity index (χ1) is 12.2. The third-order valence-corrected chi connectivity index (χ3v) is 3.59. The van der Waals surface area contributed by atoms with Crippen LogP contribution >= 0.6 is 0 Å². The first-order valence-corrected chi connectivity index (χ1v) is 7.81. The van der Waals surface area contributed by atoms with Gasteiger partial charge in [0.15, 0.2) is 0 Å². The van der Waals surface area contributed by atoms with Crippen molar-refractivity contribution in [1.29, 1.82) is 5.26 Å². The fraction of sp³-hybridized carbons (Fsp3) is 0.105. The van der Waals surface area contributed by atoms with E-state index in [2.05, 4.69) is 26.7 Å². The highest BCUT2D eigenvalue weighted by Crippen LogP contribution is 2.17. The van der Waals surface area contributed by atoms with Crippen LogP contribution in [0.3, 0.4) is 0 Å². The topological polar surface area (TPSA) is 73.6 Å². The molecule has 0 aliphatic heterocycles. The Hall–Kier alpha value is -3.46. The van der Waals surface area contributed by atoms with E-state index in [1.165, 1.54) is 12.4 Å². The SMILES string of the molecule is N#Cc1cccc(Nc2cc(NCCc3ccccc3F)ncn2)c1. The van der Waals surface area contributed by atoms with Crippen molar-refractivity contribution in [2.45, 2.75) is 6.42 Å². The Labute approximate surface area is 145 Å². The maximum absolute atomic E-state index is 13.6. The minimum absolute atomic E-state index is 0.202. The molecule has 0 unspecified atom stereocenters. The minimum Gasteiger partial charge on any atom is -0.370 e. The van der Waals surface area contributed by atoms with E-state index in [4.69, 9.17) is 5.26 Å². The summed E-state index contributed by atoms with van der Waals surface area (Å²) in [5, 5.41) is 15.2. The fourth-order valence-corrected chi connectivity index (χ4v) is 2.36. The first-order valence-electron chi connectivity index (χ1n) is 7.81. The number of hydrogen-bond acceptors (Lipinski definition) is 5. The van der Waals surface area contributed by atoms with Crippen molar-refractivity contribution in [2.24, 2.45) is 0 Å². The molecule has 2 N–H and O–H groups in total. The maximum atomic E-state index is 13.6. The average molecular weight is 333 g/mol. The zero-order chi connectivity index (χ0) is 17.5. The molecule has 124 valence electrons. The minimum atomic E-state index is -0.202. The number of nitrogens with one attached hydrogen (secondary N) is 2. The molecule has 0 saturated heterocycles. The van der Waals surface area contributed by atoms with Gasteiger partial charge in [-0.2, -0.15) is 5.26 Å². The molecule has 0 amide bonds. The predicted molar refractivity (Wildman–Crippen MR) is 95.1 cm³/mol. The summed E-state index contributed by atoms with van der Waals surface area (Å²) >= 11 is 0. The number of rotatable bonds is 6. The molecular formula is C19H16FN5. The molecule has 0 saturated carbocycles. The molecule has 3 aromatic rings. The van der Waals surface area contributed by atoms with Crippen LogP contribution < -0.4 is 10.6 Å². The maximum Gasteiger partial charge on any atom is 0.135 e. The molecule has 6 heteroatoms. The number of aromatic nitrogens is 2. The lowest BCUT2D eigenvalue weighted by atomic mass is 10.1. The molecule has 1 heterocycles. The summed E-state index contributed by atoms with van der Waals surface area (Å²) < 4.78 is 13.6. The van der Waals surface area contributed by atoms with Crippen molar-refractivity contribution >= 4 is 17.3 Å². The van der Waals surface area contributed by atoms with Crippen LogP contribution in [0.1, 0.15) is 11.1 Å². The van der Waals surface area contributed by atoms with Crippen molar-refractivity contribution in [2.75, 3.05) is 17.2 Å². The lowest BCUT2D eigenvalue weighted by Gasteiger charge is -2.09. The second-order valence-electron chi connectivity index (χ2n) is 5.37. The Balaban J connectivity index is 1.61. The Morgan fingerprint density at radius 1 is 1.00 bits per heavy atom. The van der Waals surface area contributed by atoms with Crippen LogP contribution in [-0.2, 0) is 6.42 Å². The lowest BCUT2D eigenvalue weighted by Crippen LogP contribution is -2.08. The van der Waals surface area contributed by atoms with Gasteiger partial charge in [0, 0.05) is 18.3 Å². The van der Waals surface area contributed by atoms with Crippen molar-refractivity contribution in [3.63, 3.8) is 0 Å². The lowest BCUT2D eigenvalue weighted by molar-refractivity contribution is 0.610. The highest BCUT2D eigenvalue weighted by molar-refractivity contribution is 5.60. The van der Waals surface area contributed by atoms with Gasteiger partial charge in [-0.15, -0.1) is 0 Å². The quantitative estimate of drug-likeness (QED) is 0.716. The van der Waals surface area contributed by atoms with E-state index in [0.717, 1.165) is 5.69 Å². The van der Waals surface area contributed by atoms with Gasteiger partial charge in [-0.05, 0) is 36.2 Å². The molecule has 0 atom stereocenters. The number of nitrogens with zero attached hydrogens (tertiary/aromatic N) is 3. The third kappa shape index (κ3) is 4.52. The molecule has 0 radical (unpaired) electrons. The summed E-state index contributed by atoms with van der Waals surface area (Å²) in [4.78, 5) is 8.33. The molecule has 0 aliphatic rings. The monoisotopic (exact) mass is 333 g/mol. The largest absolute Gasteiger partial charge is 0.370 e. The summed E-state index contributed by atoms with van der Waals surface area (Å²) in [6.45, 7) is 0.557. The smallest absolute Gasteiger partial charge is 0.135 e. The average Bonchev–Trinajstić information content (AvgIpc) is 2.64. The molecular weight excluding hydrogens is 317 g/mol. The normalized spacial score (nSPS) is 10.1. The predicted octanol–water partition coefficient (Wildman–Crippen LogP) is 3.89. The zero-order valence-electron chi connectivity index (χ0n) is 13.4. The van der Waals surface area contributed by atoms with Gasteiger partial charge in [0.2, 0.25) is 0 Å². The number of halogens is 1. The summed E-state index contributed by atoms with van der Waals surface area (Å²) in [6, 6.07) is 17.7. The molecule has 0 spiro atoms. The molecule has 2 aromatic carbocycles. The second-order valence-corrected chi connectivity index (χ2v) is 5.37. The zero-order valence-corrected chi connectivity index (χ0v) is 13.4. The van der Waals surface area contributed by atoms with Crippen LogP contribution in [0, 0.1) is 17.1 Å². The molecule has 0 fully saturated rings. The summed E-state index contributed by atoms with van der Waals surface area (Å²) in [5.41, 5.74) is 2.01. The number of anilines is 3. The second kappa shape index (κ2) is 7.88. The summed E-state index contributed by atoms with van der Waals surface area (Å²) in [5.74, 6) is 1.05. The van der Waals surface area contributed by atoms with E-state index < -0.39 is 0 Å². The summed E-state index contributed by atoms with van der Waals surface area (Å²) in [6.07, 6.45) is 2.01. The van der Waals surface area contributed by atoms with E-state index in [0.29, 0.717) is 35.7 Å². The van der Waals surface area contributed by atoms with Crippen molar-refractivity contribution in [1.82, 2.24) is 9.97 Å². The molecule has 25 heavy (non-hydrogen) atoms. The Morgan fingerprint density at radius 2 is 1.84 bits per heavy atom. The van der Waals surface area contributed by atoms with Crippen molar-refractivity contribution in [3.05, 3.63) is 77.9 Å². The standard InChI is InChI=1S/C19H16FN5/c20-17-7-2-1-5-15(17)8-9-22-18-11-19(24-13-23-18)25-16-6-3-4-14(10-16)12-21/h1-7,10-11,13H,8-9H2,(H2,22,23,24,25). The van der Waals surface area contributed by atoms with E-state index in [9.17, 15) is 4.39 Å². The molecule has 1 aromatic heterocycles. The van der Waals surface area contributed by atoms with Gasteiger partial charge < -0.3 is 10.6 Å². The van der Waals surface area contributed by atoms with Crippen LogP contribution in [0.2, 0.25) is 0 Å². The van der Waals surface area contributed by atoms with Gasteiger partial charge in [0.05, 0.1) is 11.6 Å². The number of hydrogen-bond donors (Lipinski definition) is 2. The number of benzene rings is 2. The van der Waals surface area contributed by atoms with E-state index in [1.807, 2.05) is 12.1 Å². The fourth-order valence-electron chi connectivity index (χ4n) is 2.36. The molecule has 3 rings (SSSR count). The van der Waals surface area contributed by atoms with Crippen molar-refractivity contribution < 1.29 is 4.39 Å². The van der Waals surface area contributed by atoms with E-state index in [1.54, 1.807) is 36.4 Å². The van der Waals surface area contributed by atoms with Crippen LogP contribution in [0.25, 0.3) is 0 Å². The van der Waals surface area contributed by atoms with Crippen molar-refractivity contribution in [3.8, 4) is 6.07 Å². The number of nitriles is 1. The van der Waals surface area contributed by atoms with Gasteiger partial charge in [0.25, 0.3) is 0 Å². The molecule has 0 aliphatic carbocycles. The molecule has 5 nitrogen and oxygen atoms in total. The van der Waals surface area contributed by atoms with E-state index >= 15 is 0 Å². The van der Waals surface area contributed by atoms with Gasteiger partial charge in [-0.3, -0.25) is 0 Å². The van der Waals surface area contributed by atoms with Gasteiger partial charge in [-0.1, -0.05) is 24.3 Å². The Morgan fingerprint density at radius 3 is 2.68 bits per heavy atom. The summed E-state index contributed by atoms with van der Waals surface area (Å²) in [7, 11) is 0. The van der Waals surface area contributed by atoms with Gasteiger partial charge in [-0.25, -0.2) is 14.4 Å². The van der Waals surface area contributed by atoms with Crippen LogP contribution in [-0.4, -0.2) is 16.5 Å². The van der Waals surface area contributed by atoms with Gasteiger partial charge in [0.1, 0.15) is 23.8 Å². The van der Waals surface area contributed by atoms with Gasteiger partial charge >= 0.3 is 0 Å². The highest BCUT2D eigenvalue weighted by atomic mass is 19.1. The first kappa shape index (κ1) is 16.4. The highest BCUT2D eigenvalue weighted by Gasteiger charge is 2.03. The van der Waals surface area contributed by atoms with Crippen LogP contribution in [0.5, 0.6) is 0 Å².